The third-order valence-corrected chi connectivity index (χ3v) is 4.11. The number of anilines is 1. The Bertz CT molecular complexity index is 444. The van der Waals surface area contributed by atoms with E-state index < -0.39 is 0 Å². The van der Waals surface area contributed by atoms with Crippen molar-refractivity contribution in [1.82, 2.24) is 4.90 Å². The minimum Gasteiger partial charge on any atom is -0.399 e. The summed E-state index contributed by atoms with van der Waals surface area (Å²) in [5, 5.41) is 0. The topological polar surface area (TPSA) is 46.3 Å². The molecule has 1 fully saturated rings. The molecule has 0 aromatic heterocycles. The van der Waals surface area contributed by atoms with Crippen molar-refractivity contribution >= 4 is 11.6 Å². The van der Waals surface area contributed by atoms with Crippen LogP contribution >= 0.6 is 0 Å². The summed E-state index contributed by atoms with van der Waals surface area (Å²) in [5.74, 6) is 0.872. The van der Waals surface area contributed by atoms with Crippen LogP contribution < -0.4 is 5.73 Å². The number of benzene rings is 1. The number of carbonyl (C=O) groups is 1. The zero-order valence-corrected chi connectivity index (χ0v) is 11.9. The fourth-order valence-corrected chi connectivity index (χ4v) is 2.73. The van der Waals surface area contributed by atoms with Crippen LogP contribution in [0.5, 0.6) is 0 Å². The van der Waals surface area contributed by atoms with E-state index in [4.69, 9.17) is 5.73 Å². The Morgan fingerprint density at radius 1 is 1.37 bits per heavy atom. The van der Waals surface area contributed by atoms with Gasteiger partial charge < -0.3 is 10.6 Å². The zero-order valence-electron chi connectivity index (χ0n) is 11.9. The van der Waals surface area contributed by atoms with Crippen LogP contribution in [0, 0.1) is 5.92 Å². The smallest absolute Gasteiger partial charge is 0.229 e. The van der Waals surface area contributed by atoms with Crippen molar-refractivity contribution < 1.29 is 4.79 Å². The number of nitrogens with zero attached hydrogens (tertiary/aromatic N) is 1. The van der Waals surface area contributed by atoms with E-state index in [9.17, 15) is 4.79 Å². The molecule has 1 aromatic rings. The van der Waals surface area contributed by atoms with Crippen molar-refractivity contribution in [2.75, 3.05) is 18.8 Å². The summed E-state index contributed by atoms with van der Waals surface area (Å²) < 4.78 is 0. The van der Waals surface area contributed by atoms with Gasteiger partial charge in [-0.05, 0) is 49.8 Å². The van der Waals surface area contributed by atoms with Gasteiger partial charge >= 0.3 is 0 Å². The van der Waals surface area contributed by atoms with Crippen molar-refractivity contribution in [3.05, 3.63) is 29.8 Å². The number of hydrogen-bond acceptors (Lipinski definition) is 2. The molecule has 0 bridgehead atoms. The van der Waals surface area contributed by atoms with Crippen LogP contribution in [0.4, 0.5) is 5.69 Å². The highest BCUT2D eigenvalue weighted by molar-refractivity contribution is 5.83. The van der Waals surface area contributed by atoms with Crippen LogP contribution in [0.25, 0.3) is 0 Å². The molecule has 0 radical (unpaired) electrons. The second-order valence-electron chi connectivity index (χ2n) is 5.75. The first-order chi connectivity index (χ1) is 9.08. The molecule has 0 aliphatic carbocycles. The van der Waals surface area contributed by atoms with E-state index in [1.807, 2.05) is 36.1 Å². The second-order valence-corrected chi connectivity index (χ2v) is 5.75. The minimum absolute atomic E-state index is 0.100. The molecule has 0 spiro atoms. The van der Waals surface area contributed by atoms with E-state index in [1.165, 1.54) is 6.42 Å². The fraction of sp³-hybridized carbons (Fsp3) is 0.562. The van der Waals surface area contributed by atoms with Gasteiger partial charge in [-0.3, -0.25) is 4.79 Å². The lowest BCUT2D eigenvalue weighted by Gasteiger charge is -2.24. The number of likely N-dealkylation sites (tertiary alicyclic amines) is 1. The molecule has 1 heterocycles. The molecule has 2 unspecified atom stereocenters. The van der Waals surface area contributed by atoms with Crippen LogP contribution in [0.1, 0.15) is 44.6 Å². The molecule has 104 valence electrons. The molecule has 3 heteroatoms. The standard InChI is InChI=1S/C16H24N2O/c1-12-5-4-9-18(10-8-12)16(19)13(2)14-6-3-7-15(17)11-14/h3,6-7,11-13H,4-5,8-10,17H2,1-2H3. The van der Waals surface area contributed by atoms with Gasteiger partial charge in [0.2, 0.25) is 5.91 Å². The predicted molar refractivity (Wildman–Crippen MR) is 78.9 cm³/mol. The monoisotopic (exact) mass is 260 g/mol. The Labute approximate surface area is 115 Å². The van der Waals surface area contributed by atoms with Crippen LogP contribution in [-0.2, 0) is 4.79 Å². The van der Waals surface area contributed by atoms with Gasteiger partial charge in [-0.25, -0.2) is 0 Å². The van der Waals surface area contributed by atoms with Crippen molar-refractivity contribution in [2.45, 2.75) is 39.0 Å². The maximum atomic E-state index is 12.6. The fourth-order valence-electron chi connectivity index (χ4n) is 2.73. The van der Waals surface area contributed by atoms with Crippen LogP contribution in [0.2, 0.25) is 0 Å². The third-order valence-electron chi connectivity index (χ3n) is 4.11. The molecule has 19 heavy (non-hydrogen) atoms. The van der Waals surface area contributed by atoms with E-state index in [-0.39, 0.29) is 11.8 Å². The summed E-state index contributed by atoms with van der Waals surface area (Å²) in [4.78, 5) is 14.6. The van der Waals surface area contributed by atoms with Crippen LogP contribution in [0.15, 0.2) is 24.3 Å². The minimum atomic E-state index is -0.100. The predicted octanol–water partition coefficient (Wildman–Crippen LogP) is 3.02. The van der Waals surface area contributed by atoms with Gasteiger partial charge in [-0.1, -0.05) is 19.1 Å². The molecule has 1 amide bonds. The molecule has 3 nitrogen and oxygen atoms in total. The number of amides is 1. The molecule has 0 saturated carbocycles. The lowest BCUT2D eigenvalue weighted by Crippen LogP contribution is -2.35. The molecule has 2 N–H and O–H groups in total. The van der Waals surface area contributed by atoms with E-state index in [0.717, 1.165) is 43.1 Å². The summed E-state index contributed by atoms with van der Waals surface area (Å²) in [6.07, 6.45) is 3.47. The second kappa shape index (κ2) is 6.09. The largest absolute Gasteiger partial charge is 0.399 e. The Morgan fingerprint density at radius 2 is 2.16 bits per heavy atom. The van der Waals surface area contributed by atoms with Crippen molar-refractivity contribution in [3.63, 3.8) is 0 Å². The Morgan fingerprint density at radius 3 is 2.89 bits per heavy atom. The Hall–Kier alpha value is -1.51. The average molecular weight is 260 g/mol. The molecular formula is C16H24N2O. The number of nitrogen functional groups attached to an aromatic ring is 1. The molecule has 1 saturated heterocycles. The quantitative estimate of drug-likeness (QED) is 0.831. The van der Waals surface area contributed by atoms with E-state index in [2.05, 4.69) is 6.92 Å². The van der Waals surface area contributed by atoms with Gasteiger partial charge in [0.05, 0.1) is 5.92 Å². The molecule has 2 atom stereocenters. The Kier molecular flexibility index (Phi) is 4.46. The summed E-state index contributed by atoms with van der Waals surface area (Å²) >= 11 is 0. The van der Waals surface area contributed by atoms with E-state index >= 15 is 0 Å². The van der Waals surface area contributed by atoms with Crippen molar-refractivity contribution in [2.24, 2.45) is 5.92 Å². The van der Waals surface area contributed by atoms with Gasteiger partial charge in [0, 0.05) is 18.8 Å². The van der Waals surface area contributed by atoms with E-state index in [0.29, 0.717) is 0 Å². The first kappa shape index (κ1) is 13.9. The first-order valence-corrected chi connectivity index (χ1v) is 7.22. The summed E-state index contributed by atoms with van der Waals surface area (Å²) in [7, 11) is 0. The van der Waals surface area contributed by atoms with Crippen molar-refractivity contribution in [1.29, 1.82) is 0 Å². The first-order valence-electron chi connectivity index (χ1n) is 7.22. The maximum Gasteiger partial charge on any atom is 0.229 e. The summed E-state index contributed by atoms with van der Waals surface area (Å²) in [6.45, 7) is 6.04. The average Bonchev–Trinajstić information content (AvgIpc) is 2.62. The zero-order chi connectivity index (χ0) is 13.8. The highest BCUT2D eigenvalue weighted by Gasteiger charge is 2.24. The van der Waals surface area contributed by atoms with Gasteiger partial charge in [0.15, 0.2) is 0 Å². The number of nitrogens with two attached hydrogens (primary N) is 1. The summed E-state index contributed by atoms with van der Waals surface area (Å²) in [6, 6.07) is 7.66. The SMILES string of the molecule is CC1CCCN(C(=O)C(C)c2cccc(N)c2)CC1. The molecule has 1 aliphatic heterocycles. The van der Waals surface area contributed by atoms with E-state index in [1.54, 1.807) is 0 Å². The molecule has 1 aromatic carbocycles. The Balaban J connectivity index is 2.06. The highest BCUT2D eigenvalue weighted by atomic mass is 16.2. The van der Waals surface area contributed by atoms with Crippen LogP contribution in [-0.4, -0.2) is 23.9 Å². The lowest BCUT2D eigenvalue weighted by atomic mass is 9.99. The van der Waals surface area contributed by atoms with Crippen LogP contribution in [0.3, 0.4) is 0 Å². The van der Waals surface area contributed by atoms with Crippen molar-refractivity contribution in [3.8, 4) is 0 Å². The normalized spacial score (nSPS) is 21.8. The highest BCUT2D eigenvalue weighted by Crippen LogP contribution is 2.23. The molecular weight excluding hydrogens is 236 g/mol. The molecule has 1 aliphatic rings. The van der Waals surface area contributed by atoms with Gasteiger partial charge in [-0.2, -0.15) is 0 Å². The number of carbonyl (C=O) groups excluding carboxylic acids is 1. The number of hydrogen-bond donors (Lipinski definition) is 1. The lowest BCUT2D eigenvalue weighted by molar-refractivity contribution is -0.132. The number of rotatable bonds is 2. The summed E-state index contributed by atoms with van der Waals surface area (Å²) in [5.41, 5.74) is 7.53. The van der Waals surface area contributed by atoms with Gasteiger partial charge in [-0.15, -0.1) is 0 Å². The van der Waals surface area contributed by atoms with Gasteiger partial charge in [0.1, 0.15) is 0 Å². The molecule has 2 rings (SSSR count). The third kappa shape index (κ3) is 3.49. The van der Waals surface area contributed by atoms with Gasteiger partial charge in [0.25, 0.3) is 0 Å². The maximum absolute atomic E-state index is 12.6.